The van der Waals surface area contributed by atoms with Crippen LogP contribution in [-0.4, -0.2) is 47.1 Å². The van der Waals surface area contributed by atoms with E-state index < -0.39 is 5.91 Å². The summed E-state index contributed by atoms with van der Waals surface area (Å²) < 4.78 is 0. The average Bonchev–Trinajstić information content (AvgIpc) is 2.86. The number of Topliss-reactive ketones (excluding diaryl/α,β-unsaturated/α-hetero) is 1. The van der Waals surface area contributed by atoms with Crippen LogP contribution >= 0.6 is 11.3 Å². The van der Waals surface area contributed by atoms with Crippen LogP contribution in [-0.2, 0) is 4.79 Å². The van der Waals surface area contributed by atoms with Crippen LogP contribution in [0.15, 0.2) is 5.38 Å². The van der Waals surface area contributed by atoms with Crippen molar-refractivity contribution in [3.63, 3.8) is 0 Å². The highest BCUT2D eigenvalue weighted by Crippen LogP contribution is 2.11. The summed E-state index contributed by atoms with van der Waals surface area (Å²) in [4.78, 5) is 40.1. The zero-order valence-electron chi connectivity index (χ0n) is 11.2. The third-order valence-electron chi connectivity index (χ3n) is 2.47. The minimum atomic E-state index is -0.432. The first kappa shape index (κ1) is 15.3. The van der Waals surface area contributed by atoms with Gasteiger partial charge in [-0.25, -0.2) is 4.98 Å². The van der Waals surface area contributed by atoms with Crippen LogP contribution in [0.5, 0.6) is 0 Å². The molecule has 1 heterocycles. The second-order valence-electron chi connectivity index (χ2n) is 3.90. The normalized spacial score (nSPS) is 10.1. The number of nitrogens with one attached hydrogen (secondary N) is 1. The Balaban J connectivity index is 2.73. The first-order chi connectivity index (χ1) is 8.99. The lowest BCUT2D eigenvalue weighted by atomic mass is 10.4. The van der Waals surface area contributed by atoms with Crippen LogP contribution < -0.4 is 5.32 Å². The number of hydrogen-bond donors (Lipinski definition) is 1. The predicted octanol–water partition coefficient (Wildman–Crippen LogP) is 0.944. The van der Waals surface area contributed by atoms with Gasteiger partial charge in [0.05, 0.1) is 6.54 Å². The number of nitrogens with zero attached hydrogens (tertiary/aromatic N) is 2. The molecule has 104 valence electrons. The number of carbonyl (C=O) groups is 3. The van der Waals surface area contributed by atoms with E-state index in [1.165, 1.54) is 6.92 Å². The van der Waals surface area contributed by atoms with Gasteiger partial charge in [0.1, 0.15) is 11.5 Å². The van der Waals surface area contributed by atoms with Gasteiger partial charge >= 0.3 is 0 Å². The summed E-state index contributed by atoms with van der Waals surface area (Å²) in [6.07, 6.45) is 0. The fourth-order valence-corrected chi connectivity index (χ4v) is 2.14. The minimum absolute atomic E-state index is 0.0300. The number of amides is 2. The van der Waals surface area contributed by atoms with Gasteiger partial charge in [-0.3, -0.25) is 14.4 Å². The Morgan fingerprint density at radius 1 is 1.32 bits per heavy atom. The van der Waals surface area contributed by atoms with Crippen molar-refractivity contribution in [2.45, 2.75) is 20.8 Å². The van der Waals surface area contributed by atoms with Gasteiger partial charge in [0, 0.05) is 18.5 Å². The van der Waals surface area contributed by atoms with Gasteiger partial charge in [0.25, 0.3) is 11.8 Å². The largest absolute Gasteiger partial charge is 0.343 e. The lowest BCUT2D eigenvalue weighted by molar-refractivity contribution is -0.116. The highest BCUT2D eigenvalue weighted by molar-refractivity contribution is 7.11. The van der Waals surface area contributed by atoms with E-state index in [9.17, 15) is 14.4 Å². The van der Waals surface area contributed by atoms with Gasteiger partial charge in [0.15, 0.2) is 5.01 Å². The Hall–Kier alpha value is -1.76. The molecule has 0 unspecified atom stereocenters. The molecule has 0 saturated heterocycles. The first-order valence-corrected chi connectivity index (χ1v) is 6.90. The van der Waals surface area contributed by atoms with Crippen LogP contribution in [0.4, 0.5) is 0 Å². The molecule has 2 amide bonds. The van der Waals surface area contributed by atoms with E-state index >= 15 is 0 Å². The number of ketones is 1. The minimum Gasteiger partial charge on any atom is -0.343 e. The van der Waals surface area contributed by atoms with E-state index in [1.54, 1.807) is 10.3 Å². The molecule has 0 fully saturated rings. The molecule has 0 aromatic carbocycles. The number of carbonyl (C=O) groups excluding carboxylic acids is 3. The van der Waals surface area contributed by atoms with Crippen molar-refractivity contribution in [1.29, 1.82) is 0 Å². The van der Waals surface area contributed by atoms with Crippen LogP contribution in [0, 0.1) is 0 Å². The van der Waals surface area contributed by atoms with Gasteiger partial charge < -0.3 is 10.2 Å². The summed E-state index contributed by atoms with van der Waals surface area (Å²) in [7, 11) is 0. The summed E-state index contributed by atoms with van der Waals surface area (Å²) in [5.41, 5.74) is 0.265. The average molecular weight is 283 g/mol. The van der Waals surface area contributed by atoms with Crippen LogP contribution in [0.1, 0.15) is 41.1 Å². The van der Waals surface area contributed by atoms with Crippen molar-refractivity contribution in [3.8, 4) is 0 Å². The lowest BCUT2D eigenvalue weighted by Crippen LogP contribution is -2.31. The molecule has 1 N–H and O–H groups in total. The molecule has 0 atom stereocenters. The van der Waals surface area contributed by atoms with E-state index in [1.807, 2.05) is 13.8 Å². The van der Waals surface area contributed by atoms with Crippen molar-refractivity contribution in [2.75, 3.05) is 19.6 Å². The molecule has 0 aliphatic carbocycles. The topological polar surface area (TPSA) is 79.4 Å². The Morgan fingerprint density at radius 3 is 2.47 bits per heavy atom. The molecule has 19 heavy (non-hydrogen) atoms. The highest BCUT2D eigenvalue weighted by atomic mass is 32.1. The van der Waals surface area contributed by atoms with Crippen LogP contribution in [0.2, 0.25) is 0 Å². The molecular weight excluding hydrogens is 266 g/mol. The Kier molecular flexibility index (Phi) is 5.62. The Labute approximate surface area is 115 Å². The molecule has 1 rings (SSSR count). The molecule has 0 aliphatic rings. The van der Waals surface area contributed by atoms with Crippen LogP contribution in [0.3, 0.4) is 0 Å². The molecule has 7 heteroatoms. The zero-order chi connectivity index (χ0) is 14.4. The van der Waals surface area contributed by atoms with E-state index in [0.717, 1.165) is 11.3 Å². The molecule has 0 saturated carbocycles. The first-order valence-electron chi connectivity index (χ1n) is 6.02. The fourth-order valence-electron chi connectivity index (χ4n) is 1.43. The number of thiazole rings is 1. The van der Waals surface area contributed by atoms with Gasteiger partial charge in [-0.1, -0.05) is 0 Å². The maximum Gasteiger partial charge on any atom is 0.280 e. The number of aromatic nitrogens is 1. The number of rotatable bonds is 6. The second-order valence-corrected chi connectivity index (χ2v) is 4.76. The third kappa shape index (κ3) is 4.13. The lowest BCUT2D eigenvalue weighted by Gasteiger charge is -2.16. The summed E-state index contributed by atoms with van der Waals surface area (Å²) in [5.74, 6) is -0.755. The fraction of sp³-hybridized carbons (Fsp3) is 0.500. The molecule has 0 bridgehead atoms. The van der Waals surface area contributed by atoms with E-state index in [-0.39, 0.29) is 28.9 Å². The number of hydrogen-bond acceptors (Lipinski definition) is 5. The molecule has 0 spiro atoms. The van der Waals surface area contributed by atoms with Crippen molar-refractivity contribution in [3.05, 3.63) is 16.1 Å². The second kappa shape index (κ2) is 6.98. The SMILES string of the molecule is CCN(CC)C(=O)c1csc(C(=O)NCC(C)=O)n1. The molecular formula is C12H17N3O3S. The smallest absolute Gasteiger partial charge is 0.280 e. The predicted molar refractivity (Wildman–Crippen MR) is 72.4 cm³/mol. The Morgan fingerprint density at radius 2 is 1.95 bits per heavy atom. The van der Waals surface area contributed by atoms with Gasteiger partial charge in [-0.15, -0.1) is 11.3 Å². The molecule has 6 nitrogen and oxygen atoms in total. The molecule has 1 aromatic heterocycles. The Bertz CT molecular complexity index is 480. The standard InChI is InChI=1S/C12H17N3O3S/c1-4-15(5-2)12(18)9-7-19-11(14-9)10(17)13-6-8(3)16/h7H,4-6H2,1-3H3,(H,13,17). The van der Waals surface area contributed by atoms with Crippen molar-refractivity contribution < 1.29 is 14.4 Å². The van der Waals surface area contributed by atoms with Gasteiger partial charge in [0.2, 0.25) is 0 Å². The van der Waals surface area contributed by atoms with Crippen molar-refractivity contribution in [2.24, 2.45) is 0 Å². The van der Waals surface area contributed by atoms with Crippen LogP contribution in [0.25, 0.3) is 0 Å². The summed E-state index contributed by atoms with van der Waals surface area (Å²) >= 11 is 1.09. The monoisotopic (exact) mass is 283 g/mol. The maximum atomic E-state index is 12.0. The van der Waals surface area contributed by atoms with Crippen molar-refractivity contribution >= 4 is 28.9 Å². The quantitative estimate of drug-likeness (QED) is 0.842. The molecule has 0 aliphatic heterocycles. The van der Waals surface area contributed by atoms with Crippen molar-refractivity contribution in [1.82, 2.24) is 15.2 Å². The summed E-state index contributed by atoms with van der Waals surface area (Å²) in [6.45, 7) is 6.31. The van der Waals surface area contributed by atoms with Gasteiger partial charge in [-0.05, 0) is 20.8 Å². The van der Waals surface area contributed by atoms with E-state index in [4.69, 9.17) is 0 Å². The van der Waals surface area contributed by atoms with Gasteiger partial charge in [-0.2, -0.15) is 0 Å². The third-order valence-corrected chi connectivity index (χ3v) is 3.31. The maximum absolute atomic E-state index is 12.0. The summed E-state index contributed by atoms with van der Waals surface area (Å²) in [5, 5.41) is 4.19. The highest BCUT2D eigenvalue weighted by Gasteiger charge is 2.18. The van der Waals surface area contributed by atoms with E-state index in [0.29, 0.717) is 13.1 Å². The zero-order valence-corrected chi connectivity index (χ0v) is 12.0. The molecule has 0 radical (unpaired) electrons. The van der Waals surface area contributed by atoms with E-state index in [2.05, 4.69) is 10.3 Å². The molecule has 1 aromatic rings. The summed E-state index contributed by atoms with van der Waals surface area (Å²) in [6, 6.07) is 0.